The smallest absolute Gasteiger partial charge is 0.315 e. The van der Waals surface area contributed by atoms with Crippen molar-refractivity contribution in [1.29, 1.82) is 0 Å². The molecule has 1 fully saturated rings. The van der Waals surface area contributed by atoms with Gasteiger partial charge in [0, 0.05) is 6.54 Å². The maximum absolute atomic E-state index is 10.9. The van der Waals surface area contributed by atoms with Gasteiger partial charge >= 0.3 is 6.03 Å². The molecule has 1 saturated heterocycles. The van der Waals surface area contributed by atoms with Gasteiger partial charge in [-0.1, -0.05) is 6.08 Å². The quantitative estimate of drug-likeness (QED) is 0.377. The van der Waals surface area contributed by atoms with Crippen LogP contribution < -0.4 is 5.32 Å². The number of urea groups is 1. The predicted molar refractivity (Wildman–Crippen MR) is 44.5 cm³/mol. The van der Waals surface area contributed by atoms with Gasteiger partial charge in [-0.3, -0.25) is 10.1 Å². The van der Waals surface area contributed by atoms with Crippen LogP contribution in [0.4, 0.5) is 4.79 Å². The molecule has 66 valence electrons. The molecule has 12 heavy (non-hydrogen) atoms. The first-order valence-electron chi connectivity index (χ1n) is 3.93. The van der Waals surface area contributed by atoms with Gasteiger partial charge in [0.15, 0.2) is 0 Å². The normalized spacial score (nSPS) is 16.5. The molecule has 1 N–H and O–H groups in total. The summed E-state index contributed by atoms with van der Waals surface area (Å²) in [6.45, 7) is 4.41. The molecule has 0 aromatic rings. The van der Waals surface area contributed by atoms with Crippen molar-refractivity contribution in [1.82, 2.24) is 10.2 Å². The lowest BCUT2D eigenvalue weighted by atomic mass is 10.3. The van der Waals surface area contributed by atoms with E-state index in [0.717, 1.165) is 12.8 Å². The van der Waals surface area contributed by atoms with E-state index in [1.807, 2.05) is 0 Å². The minimum atomic E-state index is -0.274. The van der Waals surface area contributed by atoms with Crippen LogP contribution in [0.5, 0.6) is 0 Å². The zero-order valence-corrected chi connectivity index (χ0v) is 6.88. The van der Waals surface area contributed by atoms with E-state index in [2.05, 4.69) is 11.9 Å². The minimum Gasteiger partial charge on any atom is -0.315 e. The highest BCUT2D eigenvalue weighted by Crippen LogP contribution is 2.01. The first-order chi connectivity index (χ1) is 5.74. The Labute approximate surface area is 71.2 Å². The maximum Gasteiger partial charge on any atom is 0.324 e. The molecule has 1 aliphatic heterocycles. The van der Waals surface area contributed by atoms with Crippen molar-refractivity contribution in [3.63, 3.8) is 0 Å². The van der Waals surface area contributed by atoms with Crippen molar-refractivity contribution >= 4 is 11.9 Å². The zero-order valence-electron chi connectivity index (χ0n) is 6.88. The summed E-state index contributed by atoms with van der Waals surface area (Å²) in [5, 5.41) is 2.22. The third kappa shape index (κ3) is 2.08. The van der Waals surface area contributed by atoms with Crippen molar-refractivity contribution in [2.24, 2.45) is 0 Å². The largest absolute Gasteiger partial charge is 0.324 e. The van der Waals surface area contributed by atoms with Crippen LogP contribution in [0.15, 0.2) is 12.7 Å². The lowest BCUT2D eigenvalue weighted by Crippen LogP contribution is -2.28. The van der Waals surface area contributed by atoms with E-state index in [1.165, 1.54) is 4.90 Å². The Bertz CT molecular complexity index is 213. The molecule has 0 atom stereocenters. The van der Waals surface area contributed by atoms with Crippen LogP contribution >= 0.6 is 0 Å². The molecule has 4 nitrogen and oxygen atoms in total. The third-order valence-electron chi connectivity index (χ3n) is 1.70. The number of imide groups is 1. The number of hydrogen-bond acceptors (Lipinski definition) is 2. The van der Waals surface area contributed by atoms with Crippen molar-refractivity contribution in [2.75, 3.05) is 13.1 Å². The molecule has 0 unspecified atom stereocenters. The third-order valence-corrected chi connectivity index (χ3v) is 1.70. The van der Waals surface area contributed by atoms with Crippen molar-refractivity contribution in [3.8, 4) is 0 Å². The zero-order chi connectivity index (χ0) is 8.97. The van der Waals surface area contributed by atoms with Gasteiger partial charge in [0.1, 0.15) is 6.54 Å². The Morgan fingerprint density at radius 1 is 1.58 bits per heavy atom. The second-order valence-corrected chi connectivity index (χ2v) is 2.71. The SMILES string of the molecule is C=CCCCN1CC(=O)NC1=O. The van der Waals surface area contributed by atoms with Crippen LogP contribution in [0.3, 0.4) is 0 Å². The molecule has 0 bridgehead atoms. The number of nitrogens with one attached hydrogen (secondary N) is 1. The predicted octanol–water partition coefficient (Wildman–Crippen LogP) is 0.504. The fraction of sp³-hybridized carbons (Fsp3) is 0.500. The van der Waals surface area contributed by atoms with E-state index >= 15 is 0 Å². The number of carbonyl (C=O) groups excluding carboxylic acids is 2. The monoisotopic (exact) mass is 168 g/mol. The summed E-state index contributed by atoms with van der Waals surface area (Å²) >= 11 is 0. The number of hydrogen-bond donors (Lipinski definition) is 1. The van der Waals surface area contributed by atoms with E-state index in [4.69, 9.17) is 0 Å². The van der Waals surface area contributed by atoms with Crippen LogP contribution in [0, 0.1) is 0 Å². The van der Waals surface area contributed by atoms with Gasteiger partial charge in [0.05, 0.1) is 0 Å². The first kappa shape index (κ1) is 8.77. The lowest BCUT2D eigenvalue weighted by Gasteiger charge is -2.11. The Morgan fingerprint density at radius 2 is 2.33 bits per heavy atom. The summed E-state index contributed by atoms with van der Waals surface area (Å²) in [5.74, 6) is -0.210. The molecule has 0 saturated carbocycles. The molecule has 0 aromatic carbocycles. The molecule has 1 heterocycles. The summed E-state index contributed by atoms with van der Waals surface area (Å²) in [6.07, 6.45) is 3.54. The molecule has 0 spiro atoms. The molecular formula is C8H12N2O2. The van der Waals surface area contributed by atoms with Crippen LogP contribution in [0.2, 0.25) is 0 Å². The summed E-state index contributed by atoms with van der Waals surface area (Å²) in [4.78, 5) is 23.2. The molecular weight excluding hydrogens is 156 g/mol. The van der Waals surface area contributed by atoms with Gasteiger partial charge in [0.2, 0.25) is 5.91 Å². The molecule has 1 aliphatic rings. The Kier molecular flexibility index (Phi) is 2.85. The fourth-order valence-electron chi connectivity index (χ4n) is 1.09. The number of carbonyl (C=O) groups is 2. The summed E-state index contributed by atoms with van der Waals surface area (Å²) in [7, 11) is 0. The van der Waals surface area contributed by atoms with Crippen molar-refractivity contribution in [2.45, 2.75) is 12.8 Å². The maximum atomic E-state index is 10.9. The van der Waals surface area contributed by atoms with Gasteiger partial charge in [-0.15, -0.1) is 6.58 Å². The van der Waals surface area contributed by atoms with Crippen LogP contribution in [-0.2, 0) is 4.79 Å². The summed E-state index contributed by atoms with van der Waals surface area (Å²) in [5.41, 5.74) is 0. The molecule has 0 aliphatic carbocycles. The molecule has 3 amide bonds. The van der Waals surface area contributed by atoms with Gasteiger partial charge < -0.3 is 4.90 Å². The number of nitrogens with zero attached hydrogens (tertiary/aromatic N) is 1. The highest BCUT2D eigenvalue weighted by atomic mass is 16.2. The van der Waals surface area contributed by atoms with Crippen LogP contribution in [0.1, 0.15) is 12.8 Å². The van der Waals surface area contributed by atoms with E-state index < -0.39 is 0 Å². The van der Waals surface area contributed by atoms with Gasteiger partial charge in [-0.05, 0) is 12.8 Å². The highest BCUT2D eigenvalue weighted by Gasteiger charge is 2.25. The average Bonchev–Trinajstić information content (AvgIpc) is 2.31. The lowest BCUT2D eigenvalue weighted by molar-refractivity contribution is -0.118. The van der Waals surface area contributed by atoms with E-state index in [1.54, 1.807) is 6.08 Å². The Balaban J connectivity index is 2.28. The van der Waals surface area contributed by atoms with Gasteiger partial charge in [-0.2, -0.15) is 0 Å². The Hall–Kier alpha value is -1.32. The number of unbranched alkanes of at least 4 members (excludes halogenated alkanes) is 1. The molecule has 0 aromatic heterocycles. The second kappa shape index (κ2) is 3.90. The summed E-state index contributed by atoms with van der Waals surface area (Å²) in [6, 6.07) is -0.274. The van der Waals surface area contributed by atoms with Crippen molar-refractivity contribution < 1.29 is 9.59 Å². The molecule has 4 heteroatoms. The fourth-order valence-corrected chi connectivity index (χ4v) is 1.09. The van der Waals surface area contributed by atoms with E-state index in [9.17, 15) is 9.59 Å². The number of rotatable bonds is 4. The van der Waals surface area contributed by atoms with Crippen molar-refractivity contribution in [3.05, 3.63) is 12.7 Å². The second-order valence-electron chi connectivity index (χ2n) is 2.71. The van der Waals surface area contributed by atoms with Gasteiger partial charge in [0.25, 0.3) is 0 Å². The Morgan fingerprint density at radius 3 is 2.83 bits per heavy atom. The summed E-state index contributed by atoms with van der Waals surface area (Å²) < 4.78 is 0. The number of amides is 3. The molecule has 1 rings (SSSR count). The van der Waals surface area contributed by atoms with E-state index in [0.29, 0.717) is 6.54 Å². The standard InChI is InChI=1S/C8H12N2O2/c1-2-3-4-5-10-6-7(11)9-8(10)12/h2H,1,3-6H2,(H,9,11,12). The van der Waals surface area contributed by atoms with E-state index in [-0.39, 0.29) is 18.5 Å². The topological polar surface area (TPSA) is 49.4 Å². The number of allylic oxidation sites excluding steroid dienone is 1. The average molecular weight is 168 g/mol. The first-order valence-corrected chi connectivity index (χ1v) is 3.93. The molecule has 0 radical (unpaired) electrons. The highest BCUT2D eigenvalue weighted by molar-refractivity contribution is 6.01. The minimum absolute atomic E-state index is 0.204. The van der Waals surface area contributed by atoms with Gasteiger partial charge in [-0.25, -0.2) is 4.79 Å². The van der Waals surface area contributed by atoms with Crippen LogP contribution in [0.25, 0.3) is 0 Å². The van der Waals surface area contributed by atoms with Crippen LogP contribution in [-0.4, -0.2) is 29.9 Å².